The Labute approximate surface area is 174 Å². The number of carbonyl (C=O) groups excluding carboxylic acids is 1. The molecule has 2 heterocycles. The normalized spacial score (nSPS) is 10.3. The molecule has 0 fully saturated rings. The van der Waals surface area contributed by atoms with Crippen LogP contribution in [0.3, 0.4) is 0 Å². The van der Waals surface area contributed by atoms with Crippen LogP contribution in [-0.4, -0.2) is 26.3 Å². The van der Waals surface area contributed by atoms with E-state index in [1.165, 1.54) is 18.5 Å². The van der Waals surface area contributed by atoms with Crippen LogP contribution >= 0.6 is 0 Å². The summed E-state index contributed by atoms with van der Waals surface area (Å²) in [5.74, 6) is 1.42. The van der Waals surface area contributed by atoms with Crippen molar-refractivity contribution in [1.29, 1.82) is 0 Å². The number of allylic oxidation sites excluding steroid dienone is 1. The molecular formula is C21H25N5O4. The molecule has 0 aliphatic carbocycles. The Morgan fingerprint density at radius 1 is 1.17 bits per heavy atom. The maximum atomic E-state index is 12.0. The number of aromatic nitrogens is 3. The molecule has 3 N–H and O–H groups in total. The fourth-order valence-electron chi connectivity index (χ4n) is 2.36. The molecule has 2 aromatic heterocycles. The average molecular weight is 411 g/mol. The molecule has 0 atom stereocenters. The van der Waals surface area contributed by atoms with Crippen LogP contribution in [-0.2, 0) is 0 Å². The van der Waals surface area contributed by atoms with Crippen molar-refractivity contribution >= 4 is 23.6 Å². The first-order valence-electron chi connectivity index (χ1n) is 9.42. The number of anilines is 2. The zero-order valence-corrected chi connectivity index (χ0v) is 17.6. The molecule has 0 radical (unpaired) electrons. The van der Waals surface area contributed by atoms with E-state index < -0.39 is 6.03 Å². The minimum Gasteiger partial charge on any atom is -0.506 e. The zero-order chi connectivity index (χ0) is 22.1. The second-order valence-corrected chi connectivity index (χ2v) is 5.87. The first kappa shape index (κ1) is 22.4. The topological polar surface area (TPSA) is 122 Å². The summed E-state index contributed by atoms with van der Waals surface area (Å²) in [4.78, 5) is 20.3. The number of urea groups is 1. The highest BCUT2D eigenvalue weighted by atomic mass is 16.5. The van der Waals surface area contributed by atoms with Crippen molar-refractivity contribution in [3.63, 3.8) is 0 Å². The highest BCUT2D eigenvalue weighted by Crippen LogP contribution is 2.31. The van der Waals surface area contributed by atoms with Crippen LogP contribution in [0.25, 0.3) is 6.08 Å². The monoisotopic (exact) mass is 411 g/mol. The molecule has 9 heteroatoms. The quantitative estimate of drug-likeness (QED) is 0.488. The summed E-state index contributed by atoms with van der Waals surface area (Å²) in [6.45, 7) is 9.45. The fourth-order valence-corrected chi connectivity index (χ4v) is 2.36. The number of ether oxygens (including phenoxy) is 1. The standard InChI is InChI=1S/C19H19N5O4.C2H6/c1-4-5-14-12(3)18(21-10-20-14)27-13-6-7-15(16(25)9-13)22-19(26)23-17-8-11(2)28-24-17;1-2/h4-10,25H,1-3H3,(H2,22,23,24,26);1-2H3/b5-4-;. The first-order valence-corrected chi connectivity index (χ1v) is 9.42. The lowest BCUT2D eigenvalue weighted by Gasteiger charge is -2.11. The third kappa shape index (κ3) is 5.81. The summed E-state index contributed by atoms with van der Waals surface area (Å²) >= 11 is 0. The first-order chi connectivity index (χ1) is 14.5. The summed E-state index contributed by atoms with van der Waals surface area (Å²) in [6.07, 6.45) is 5.13. The Morgan fingerprint density at radius 2 is 1.93 bits per heavy atom. The summed E-state index contributed by atoms with van der Waals surface area (Å²) in [5.41, 5.74) is 1.72. The SMILES string of the molecule is C/C=C\c1ncnc(Oc2ccc(NC(=O)Nc3cc(C)on3)c(O)c2)c1C.CC. The maximum Gasteiger partial charge on any atom is 0.325 e. The molecule has 0 aliphatic rings. The lowest BCUT2D eigenvalue weighted by atomic mass is 10.2. The third-order valence-corrected chi connectivity index (χ3v) is 3.70. The van der Waals surface area contributed by atoms with Crippen molar-refractivity contribution in [3.05, 3.63) is 53.7 Å². The zero-order valence-electron chi connectivity index (χ0n) is 17.6. The van der Waals surface area contributed by atoms with Gasteiger partial charge in [-0.25, -0.2) is 14.8 Å². The number of phenols is 1. The summed E-state index contributed by atoms with van der Waals surface area (Å²) in [7, 11) is 0. The molecule has 3 rings (SSSR count). The van der Waals surface area contributed by atoms with E-state index in [0.717, 1.165) is 11.3 Å². The Kier molecular flexibility index (Phi) is 7.92. The highest BCUT2D eigenvalue weighted by molar-refractivity contribution is 6.00. The lowest BCUT2D eigenvalue weighted by molar-refractivity contribution is 0.261. The molecule has 1 aromatic carbocycles. The number of phenolic OH excluding ortho intramolecular Hbond substituents is 1. The van der Waals surface area contributed by atoms with E-state index in [-0.39, 0.29) is 17.3 Å². The van der Waals surface area contributed by atoms with Crippen LogP contribution in [0.5, 0.6) is 17.4 Å². The Hall–Kier alpha value is -3.88. The van der Waals surface area contributed by atoms with Gasteiger partial charge in [-0.05, 0) is 39.0 Å². The van der Waals surface area contributed by atoms with Gasteiger partial charge in [-0.2, -0.15) is 0 Å². The van der Waals surface area contributed by atoms with E-state index >= 15 is 0 Å². The molecule has 9 nitrogen and oxygen atoms in total. The summed E-state index contributed by atoms with van der Waals surface area (Å²) < 4.78 is 10.6. The molecular weight excluding hydrogens is 386 g/mol. The molecule has 0 saturated carbocycles. The minimum absolute atomic E-state index is 0.163. The predicted octanol–water partition coefficient (Wildman–Crippen LogP) is 5.28. The van der Waals surface area contributed by atoms with Gasteiger partial charge in [0.25, 0.3) is 0 Å². The van der Waals surface area contributed by atoms with E-state index in [2.05, 4.69) is 25.8 Å². The Balaban J connectivity index is 0.00000155. The van der Waals surface area contributed by atoms with Gasteiger partial charge < -0.3 is 19.7 Å². The van der Waals surface area contributed by atoms with Crippen molar-refractivity contribution in [3.8, 4) is 17.4 Å². The van der Waals surface area contributed by atoms with Crippen LogP contribution in [0.1, 0.15) is 37.8 Å². The van der Waals surface area contributed by atoms with Gasteiger partial charge in [0.2, 0.25) is 5.88 Å². The van der Waals surface area contributed by atoms with Gasteiger partial charge in [0.05, 0.1) is 11.4 Å². The van der Waals surface area contributed by atoms with Crippen molar-refractivity contribution in [1.82, 2.24) is 15.1 Å². The number of aromatic hydroxyl groups is 1. The molecule has 2 amide bonds. The number of amides is 2. The number of hydrogen-bond donors (Lipinski definition) is 3. The van der Waals surface area contributed by atoms with Crippen LogP contribution < -0.4 is 15.4 Å². The molecule has 0 spiro atoms. The largest absolute Gasteiger partial charge is 0.506 e. The smallest absolute Gasteiger partial charge is 0.325 e. The molecule has 0 aliphatic heterocycles. The summed E-state index contributed by atoms with van der Waals surface area (Å²) in [6, 6.07) is 5.50. The number of carbonyl (C=O) groups is 1. The van der Waals surface area contributed by atoms with Crippen molar-refractivity contribution < 1.29 is 19.2 Å². The number of aryl methyl sites for hydroxylation is 1. The highest BCUT2D eigenvalue weighted by Gasteiger charge is 2.12. The molecule has 158 valence electrons. The lowest BCUT2D eigenvalue weighted by Crippen LogP contribution is -2.19. The summed E-state index contributed by atoms with van der Waals surface area (Å²) in [5, 5.41) is 18.9. The van der Waals surface area contributed by atoms with E-state index in [1.54, 1.807) is 19.1 Å². The predicted molar refractivity (Wildman–Crippen MR) is 115 cm³/mol. The molecule has 30 heavy (non-hydrogen) atoms. The van der Waals surface area contributed by atoms with Gasteiger partial charge in [0.15, 0.2) is 5.82 Å². The van der Waals surface area contributed by atoms with Gasteiger partial charge in [-0.1, -0.05) is 25.1 Å². The van der Waals surface area contributed by atoms with Gasteiger partial charge in [0, 0.05) is 17.7 Å². The van der Waals surface area contributed by atoms with Crippen LogP contribution in [0.15, 0.2) is 41.2 Å². The molecule has 0 bridgehead atoms. The van der Waals surface area contributed by atoms with E-state index in [0.29, 0.717) is 17.4 Å². The number of nitrogens with zero attached hydrogens (tertiary/aromatic N) is 3. The van der Waals surface area contributed by atoms with Crippen LogP contribution in [0.2, 0.25) is 0 Å². The second-order valence-electron chi connectivity index (χ2n) is 5.87. The number of benzene rings is 1. The fraction of sp³-hybridized carbons (Fsp3) is 0.238. The van der Waals surface area contributed by atoms with E-state index in [4.69, 9.17) is 9.26 Å². The number of hydrogen-bond acceptors (Lipinski definition) is 7. The van der Waals surface area contributed by atoms with Crippen molar-refractivity contribution in [2.75, 3.05) is 10.6 Å². The average Bonchev–Trinajstić information content (AvgIpc) is 3.13. The Bertz CT molecular complexity index is 1030. The molecule has 3 aromatic rings. The van der Waals surface area contributed by atoms with E-state index in [9.17, 15) is 9.90 Å². The third-order valence-electron chi connectivity index (χ3n) is 3.70. The van der Waals surface area contributed by atoms with E-state index in [1.807, 2.05) is 39.8 Å². The minimum atomic E-state index is -0.570. The van der Waals surface area contributed by atoms with Crippen LogP contribution in [0.4, 0.5) is 16.3 Å². The van der Waals surface area contributed by atoms with Crippen molar-refractivity contribution in [2.45, 2.75) is 34.6 Å². The van der Waals surface area contributed by atoms with Crippen LogP contribution in [0, 0.1) is 13.8 Å². The molecule has 0 unspecified atom stereocenters. The van der Waals surface area contributed by atoms with Gasteiger partial charge in [-0.3, -0.25) is 5.32 Å². The Morgan fingerprint density at radius 3 is 2.57 bits per heavy atom. The van der Waals surface area contributed by atoms with Gasteiger partial charge in [-0.15, -0.1) is 0 Å². The second kappa shape index (κ2) is 10.6. The maximum absolute atomic E-state index is 12.0. The number of rotatable bonds is 5. The van der Waals surface area contributed by atoms with Gasteiger partial charge in [0.1, 0.15) is 23.6 Å². The van der Waals surface area contributed by atoms with Gasteiger partial charge >= 0.3 is 6.03 Å². The molecule has 0 saturated heterocycles. The number of nitrogens with one attached hydrogen (secondary N) is 2. The van der Waals surface area contributed by atoms with Crippen molar-refractivity contribution in [2.24, 2.45) is 0 Å².